The maximum atomic E-state index is 13.5. The van der Waals surface area contributed by atoms with Crippen LogP contribution >= 0.6 is 32.9 Å². The number of ether oxygens (including phenoxy) is 1. The molecule has 1 saturated heterocycles. The summed E-state index contributed by atoms with van der Waals surface area (Å²) in [5.41, 5.74) is 2.05. The molecule has 1 aromatic heterocycles. The van der Waals surface area contributed by atoms with Crippen LogP contribution in [0.3, 0.4) is 0 Å². The molecule has 1 aliphatic heterocycles. The van der Waals surface area contributed by atoms with Gasteiger partial charge < -0.3 is 15.0 Å². The molecule has 1 fully saturated rings. The van der Waals surface area contributed by atoms with Gasteiger partial charge in [-0.05, 0) is 47.1 Å². The molecule has 220 valence electrons. The number of nitro benzene ring substituents is 1. The van der Waals surface area contributed by atoms with Crippen molar-refractivity contribution in [1.82, 2.24) is 15.2 Å². The first-order chi connectivity index (χ1) is 20.7. The van der Waals surface area contributed by atoms with Gasteiger partial charge in [-0.2, -0.15) is 0 Å². The lowest BCUT2D eigenvalue weighted by Gasteiger charge is -2.49. The van der Waals surface area contributed by atoms with Crippen molar-refractivity contribution in [2.24, 2.45) is 0 Å². The van der Waals surface area contributed by atoms with Crippen molar-refractivity contribution >= 4 is 66.6 Å². The number of β-lactam (4-membered cyclic amide) rings is 1. The summed E-state index contributed by atoms with van der Waals surface area (Å²) >= 11 is 1.50. The third-order valence-corrected chi connectivity index (χ3v) is 10.7. The summed E-state index contributed by atoms with van der Waals surface area (Å²) in [6.45, 7) is 5.18. The van der Waals surface area contributed by atoms with Crippen molar-refractivity contribution in [3.63, 3.8) is 0 Å². The second-order valence-electron chi connectivity index (χ2n) is 9.71. The lowest BCUT2D eigenvalue weighted by Crippen LogP contribution is -2.73. The van der Waals surface area contributed by atoms with E-state index >= 15 is 0 Å². The number of rotatable bonds is 12. The Kier molecular flexibility index (Phi) is 9.43. The minimum Gasteiger partial charge on any atom is -0.459 e. The van der Waals surface area contributed by atoms with Gasteiger partial charge in [-0.1, -0.05) is 72.0 Å². The van der Waals surface area contributed by atoms with Crippen molar-refractivity contribution < 1.29 is 24.0 Å². The number of nitrogens with zero attached hydrogens (tertiary/aromatic N) is 3. The fourth-order valence-electron chi connectivity index (χ4n) is 4.57. The summed E-state index contributed by atoms with van der Waals surface area (Å²) in [5, 5.41) is 13.6. The number of nitrogens with one attached hydrogen (secondary N) is 1. The second kappa shape index (κ2) is 13.4. The van der Waals surface area contributed by atoms with Crippen molar-refractivity contribution in [3.8, 4) is 0 Å². The van der Waals surface area contributed by atoms with Crippen molar-refractivity contribution in [2.75, 3.05) is 0 Å². The molecule has 2 amide bonds. The molecule has 0 aliphatic carbocycles. The van der Waals surface area contributed by atoms with E-state index in [2.05, 4.69) is 16.9 Å². The minimum absolute atomic E-state index is 0.0921. The molecule has 13 heteroatoms. The summed E-state index contributed by atoms with van der Waals surface area (Å²) in [6, 6.07) is 20.8. The highest BCUT2D eigenvalue weighted by atomic mass is 33.1. The van der Waals surface area contributed by atoms with Gasteiger partial charge in [0.2, 0.25) is 11.8 Å². The first-order valence-corrected chi connectivity index (χ1v) is 16.1. The third-order valence-electron chi connectivity index (χ3n) is 6.62. The van der Waals surface area contributed by atoms with E-state index in [4.69, 9.17) is 4.74 Å². The number of carbonyl (C=O) groups is 3. The molecular weight excluding hydrogens is 609 g/mol. The van der Waals surface area contributed by atoms with Gasteiger partial charge in [-0.3, -0.25) is 19.7 Å². The van der Waals surface area contributed by atoms with E-state index < -0.39 is 34.3 Å². The Bertz CT molecular complexity index is 1660. The van der Waals surface area contributed by atoms with E-state index in [1.807, 2.05) is 54.6 Å². The highest BCUT2D eigenvalue weighted by molar-refractivity contribution is 8.77. The molecule has 1 aliphatic rings. The zero-order chi connectivity index (χ0) is 30.5. The molecule has 0 bridgehead atoms. The van der Waals surface area contributed by atoms with Gasteiger partial charge in [0.1, 0.15) is 18.0 Å². The number of carbonyl (C=O) groups excluding carboxylic acids is 3. The number of likely N-dealkylation sites (tertiary alicyclic amines) is 1. The normalized spacial score (nSPS) is 16.8. The Morgan fingerprint density at radius 1 is 1.12 bits per heavy atom. The first kappa shape index (κ1) is 30.3. The largest absolute Gasteiger partial charge is 0.459 e. The number of amides is 2. The Labute approximate surface area is 259 Å². The molecule has 3 aromatic carbocycles. The van der Waals surface area contributed by atoms with Crippen molar-refractivity contribution in [2.45, 2.75) is 41.7 Å². The molecule has 3 atom stereocenters. The van der Waals surface area contributed by atoms with Gasteiger partial charge in [0.05, 0.1) is 27.1 Å². The molecule has 43 heavy (non-hydrogen) atoms. The molecule has 4 aromatic rings. The smallest absolute Gasteiger partial charge is 0.333 e. The molecule has 0 spiro atoms. The van der Waals surface area contributed by atoms with Crippen LogP contribution in [0.4, 0.5) is 5.69 Å². The molecule has 10 nitrogen and oxygen atoms in total. The van der Waals surface area contributed by atoms with Crippen LogP contribution in [0, 0.1) is 10.1 Å². The molecule has 0 saturated carbocycles. The Balaban J connectivity index is 1.34. The number of hydrogen-bond donors (Lipinski definition) is 1. The molecule has 3 unspecified atom stereocenters. The summed E-state index contributed by atoms with van der Waals surface area (Å²) in [7, 11) is 2.65. The minimum atomic E-state index is -1.16. The average molecular weight is 635 g/mol. The van der Waals surface area contributed by atoms with Crippen LogP contribution < -0.4 is 5.32 Å². The van der Waals surface area contributed by atoms with Gasteiger partial charge in [0.15, 0.2) is 10.4 Å². The number of benzene rings is 3. The number of fused-ring (bicyclic) bond motifs is 1. The maximum absolute atomic E-state index is 13.5. The molecule has 0 radical (unpaired) electrons. The van der Waals surface area contributed by atoms with Crippen molar-refractivity contribution in [3.05, 3.63) is 112 Å². The molecule has 1 N–H and O–H groups in total. The lowest BCUT2D eigenvalue weighted by molar-refractivity contribution is -0.385. The van der Waals surface area contributed by atoms with E-state index in [0.717, 1.165) is 20.1 Å². The van der Waals surface area contributed by atoms with Crippen LogP contribution in [-0.2, 0) is 32.1 Å². The SMILES string of the molecule is C=C(C)C(C(=O)OCc1ccccc1[N+](=O)[O-])N1C(=O)C(NC(=O)Cc2ccccc2)C1SSc1nc2ccccc2s1. The van der Waals surface area contributed by atoms with Crippen LogP contribution in [-0.4, -0.2) is 50.0 Å². The zero-order valence-electron chi connectivity index (χ0n) is 22.9. The number of para-hydroxylation sites is 2. The fourth-order valence-corrected chi connectivity index (χ4v) is 8.53. The second-order valence-corrected chi connectivity index (χ2v) is 13.3. The van der Waals surface area contributed by atoms with Gasteiger partial charge in [-0.15, -0.1) is 11.3 Å². The highest BCUT2D eigenvalue weighted by Gasteiger charge is 2.54. The number of aromatic nitrogens is 1. The van der Waals surface area contributed by atoms with Crippen LogP contribution in [0.5, 0.6) is 0 Å². The monoisotopic (exact) mass is 634 g/mol. The Hall–Kier alpha value is -4.20. The van der Waals surface area contributed by atoms with E-state index in [-0.39, 0.29) is 30.2 Å². The number of esters is 1. The quantitative estimate of drug-likeness (QED) is 0.0534. The predicted octanol–water partition coefficient (Wildman–Crippen LogP) is 5.53. The maximum Gasteiger partial charge on any atom is 0.333 e. The van der Waals surface area contributed by atoms with E-state index in [1.54, 1.807) is 13.0 Å². The van der Waals surface area contributed by atoms with Crippen LogP contribution in [0.25, 0.3) is 10.2 Å². The van der Waals surface area contributed by atoms with Crippen LogP contribution in [0.2, 0.25) is 0 Å². The lowest BCUT2D eigenvalue weighted by atomic mass is 9.99. The zero-order valence-corrected chi connectivity index (χ0v) is 25.3. The summed E-state index contributed by atoms with van der Waals surface area (Å²) in [6.07, 6.45) is 0.0921. The Morgan fingerprint density at radius 3 is 2.53 bits per heavy atom. The highest BCUT2D eigenvalue weighted by Crippen LogP contribution is 2.45. The fraction of sp³-hybridized carbons (Fsp3) is 0.200. The molecule has 2 heterocycles. The van der Waals surface area contributed by atoms with Crippen LogP contribution in [0.15, 0.2) is 95.4 Å². The Morgan fingerprint density at radius 2 is 1.81 bits per heavy atom. The predicted molar refractivity (Wildman–Crippen MR) is 167 cm³/mol. The van der Waals surface area contributed by atoms with Crippen molar-refractivity contribution in [1.29, 1.82) is 0 Å². The van der Waals surface area contributed by atoms with Gasteiger partial charge in [-0.25, -0.2) is 9.78 Å². The standard InChI is InChI=1S/C30H26N4O6S3/c1-18(2)26(29(37)40-17-20-12-6-8-14-22(20)34(38)39)33-27(36)25(32-24(35)16-19-10-4-3-5-11-19)28(33)42-43-30-31-21-13-7-9-15-23(21)41-30/h3-15,25-26,28H,1,16-17H2,2H3,(H,32,35). The topological polar surface area (TPSA) is 132 Å². The third kappa shape index (κ3) is 6.90. The number of thiazole rings is 1. The first-order valence-electron chi connectivity index (χ1n) is 13.1. The summed E-state index contributed by atoms with van der Waals surface area (Å²) in [5.74, 6) is -1.56. The van der Waals surface area contributed by atoms with Gasteiger partial charge >= 0.3 is 5.97 Å². The van der Waals surface area contributed by atoms with Gasteiger partial charge in [0, 0.05) is 6.07 Å². The summed E-state index contributed by atoms with van der Waals surface area (Å²) < 4.78 is 7.25. The molecular formula is C30H26N4O6S3. The molecule has 5 rings (SSSR count). The summed E-state index contributed by atoms with van der Waals surface area (Å²) in [4.78, 5) is 56.6. The van der Waals surface area contributed by atoms with E-state index in [0.29, 0.717) is 5.57 Å². The van der Waals surface area contributed by atoms with Gasteiger partial charge in [0.25, 0.3) is 5.69 Å². The van der Waals surface area contributed by atoms with Crippen LogP contribution in [0.1, 0.15) is 18.1 Å². The average Bonchev–Trinajstić information content (AvgIpc) is 3.42. The number of hydrogen-bond acceptors (Lipinski definition) is 10. The van der Waals surface area contributed by atoms with E-state index in [1.165, 1.54) is 56.0 Å². The van der Waals surface area contributed by atoms with E-state index in [9.17, 15) is 24.5 Å². The number of nitro groups is 1.